The van der Waals surface area contributed by atoms with E-state index < -0.39 is 20.7 Å². The molecule has 0 spiro atoms. The first-order valence-electron chi connectivity index (χ1n) is 8.38. The van der Waals surface area contributed by atoms with Gasteiger partial charge in [0.2, 0.25) is 11.8 Å². The van der Waals surface area contributed by atoms with E-state index in [1.165, 1.54) is 7.11 Å². The number of alkyl halides is 2. The van der Waals surface area contributed by atoms with Crippen LogP contribution in [-0.4, -0.2) is 39.6 Å². The number of hydrogen-bond acceptors (Lipinski definition) is 4. The Kier molecular flexibility index (Phi) is 10.8. The minimum absolute atomic E-state index is 0.00125. The summed E-state index contributed by atoms with van der Waals surface area (Å²) >= 11 is 6.48. The number of amides is 2. The number of ether oxygens (including phenoxy) is 1. The normalized spacial score (nSPS) is 12.1. The fraction of sp³-hybridized carbons (Fsp3) is 0.526. The van der Waals surface area contributed by atoms with Crippen molar-refractivity contribution >= 4 is 49.6 Å². The topological polar surface area (TPSA) is 84.5 Å². The van der Waals surface area contributed by atoms with Crippen LogP contribution in [0.2, 0.25) is 0 Å². The average molecular weight is 508 g/mol. The van der Waals surface area contributed by atoms with Gasteiger partial charge in [0.05, 0.1) is 15.8 Å². The lowest BCUT2D eigenvalue weighted by molar-refractivity contribution is -0.144. The Morgan fingerprint density at radius 3 is 1.89 bits per heavy atom. The number of rotatable bonds is 6. The van der Waals surface area contributed by atoms with Gasteiger partial charge < -0.3 is 15.4 Å². The average Bonchev–Trinajstić information content (AvgIpc) is 2.58. The molecule has 1 aromatic rings. The Labute approximate surface area is 178 Å². The second-order valence-electron chi connectivity index (χ2n) is 6.83. The van der Waals surface area contributed by atoms with Crippen molar-refractivity contribution in [3.8, 4) is 0 Å². The maximum atomic E-state index is 11.5. The summed E-state index contributed by atoms with van der Waals surface area (Å²) in [5, 5.41) is 5.36. The lowest BCUT2D eigenvalue weighted by Crippen LogP contribution is -2.46. The molecule has 8 heteroatoms. The van der Waals surface area contributed by atoms with E-state index in [2.05, 4.69) is 47.2 Å². The maximum Gasteiger partial charge on any atom is 0.328 e. The zero-order valence-corrected chi connectivity index (χ0v) is 19.7. The Balaban J connectivity index is 0.000000503. The van der Waals surface area contributed by atoms with Crippen LogP contribution < -0.4 is 10.6 Å². The molecule has 2 N–H and O–H groups in total. The van der Waals surface area contributed by atoms with Gasteiger partial charge in [-0.05, 0) is 40.2 Å². The van der Waals surface area contributed by atoms with Crippen molar-refractivity contribution < 1.29 is 19.1 Å². The largest absolute Gasteiger partial charge is 0.467 e. The fourth-order valence-electron chi connectivity index (χ4n) is 1.59. The van der Waals surface area contributed by atoms with E-state index in [4.69, 9.17) is 0 Å². The molecule has 0 aliphatic carbocycles. The summed E-state index contributed by atoms with van der Waals surface area (Å²) in [4.78, 5) is 33.7. The van der Waals surface area contributed by atoms with E-state index in [0.717, 1.165) is 5.56 Å². The summed E-state index contributed by atoms with van der Waals surface area (Å²) in [6.07, 6.45) is 0. The van der Waals surface area contributed by atoms with Crippen molar-refractivity contribution in [1.82, 2.24) is 10.6 Å². The monoisotopic (exact) mass is 506 g/mol. The lowest BCUT2D eigenvalue weighted by Gasteiger charge is -2.18. The van der Waals surface area contributed by atoms with Crippen molar-refractivity contribution in [2.75, 3.05) is 7.11 Å². The molecule has 0 fully saturated rings. The molecule has 1 atom stereocenters. The number of halogens is 2. The van der Waals surface area contributed by atoms with Gasteiger partial charge in [0.25, 0.3) is 0 Å². The van der Waals surface area contributed by atoms with Crippen LogP contribution in [0.3, 0.4) is 0 Å². The second kappa shape index (κ2) is 11.4. The maximum absolute atomic E-state index is 11.5. The van der Waals surface area contributed by atoms with Crippen LogP contribution in [0.15, 0.2) is 30.3 Å². The Morgan fingerprint density at radius 2 is 1.48 bits per heavy atom. The first kappa shape index (κ1) is 25.6. The quantitative estimate of drug-likeness (QED) is 0.457. The highest BCUT2D eigenvalue weighted by molar-refractivity contribution is 9.10. The number of benzene rings is 1. The minimum atomic E-state index is -0.671. The molecule has 152 valence electrons. The number of methoxy groups -OCH3 is 1. The van der Waals surface area contributed by atoms with E-state index >= 15 is 0 Å². The van der Waals surface area contributed by atoms with Gasteiger partial charge >= 0.3 is 5.97 Å². The fourth-order valence-corrected chi connectivity index (χ4v) is 1.85. The molecule has 0 heterocycles. The molecule has 0 saturated heterocycles. The molecule has 6 nitrogen and oxygen atoms in total. The Hall–Kier alpha value is -1.41. The number of carbonyl (C=O) groups excluding carboxylic acids is 3. The van der Waals surface area contributed by atoms with Crippen molar-refractivity contribution in [1.29, 1.82) is 0 Å². The molecule has 0 unspecified atom stereocenters. The van der Waals surface area contributed by atoms with Gasteiger partial charge in [-0.1, -0.05) is 62.2 Å². The third kappa shape index (κ3) is 11.1. The summed E-state index contributed by atoms with van der Waals surface area (Å²) in [5.41, 5.74) is 1.11. The number of hydrogen-bond donors (Lipinski definition) is 2. The van der Waals surface area contributed by atoms with Gasteiger partial charge in [-0.25, -0.2) is 4.79 Å². The summed E-state index contributed by atoms with van der Waals surface area (Å²) in [6, 6.07) is 9.24. The molecule has 27 heavy (non-hydrogen) atoms. The molecule has 0 aliphatic heterocycles. The predicted molar refractivity (Wildman–Crippen MR) is 114 cm³/mol. The van der Waals surface area contributed by atoms with Crippen LogP contribution in [0.4, 0.5) is 0 Å². The molecule has 1 aromatic carbocycles. The number of esters is 1. The molecule has 0 bridgehead atoms. The van der Waals surface area contributed by atoms with Crippen LogP contribution in [0.25, 0.3) is 0 Å². The predicted octanol–water partition coefficient (Wildman–Crippen LogP) is 3.31. The Bertz CT molecular complexity index is 623. The summed E-state index contributed by atoms with van der Waals surface area (Å²) < 4.78 is 3.29. The highest BCUT2D eigenvalue weighted by atomic mass is 79.9. The SMILES string of the molecule is CC(C)(Br)C(=O)NCc1ccccc1.COC(=O)[C@H](C)NC(=O)C(C)(C)Br. The van der Waals surface area contributed by atoms with E-state index in [9.17, 15) is 14.4 Å². The standard InChI is InChI=1S/C11H14BrNO.C8H14BrNO3/c1-11(2,12)10(14)13-8-9-6-4-3-5-7-9;1-5(6(11)13-4)10-7(12)8(2,3)9/h3-7H,8H2,1-2H3,(H,13,14);5H,1-4H3,(H,10,12)/t;5-/m.0/s1. The lowest BCUT2D eigenvalue weighted by atomic mass is 10.2. The van der Waals surface area contributed by atoms with Crippen LogP contribution in [0.1, 0.15) is 40.2 Å². The Morgan fingerprint density at radius 1 is 1.00 bits per heavy atom. The van der Waals surface area contributed by atoms with E-state index in [0.29, 0.717) is 6.54 Å². The minimum Gasteiger partial charge on any atom is -0.467 e. The molecular weight excluding hydrogens is 480 g/mol. The van der Waals surface area contributed by atoms with Gasteiger partial charge in [0.1, 0.15) is 6.04 Å². The first-order valence-corrected chi connectivity index (χ1v) is 9.96. The van der Waals surface area contributed by atoms with Crippen LogP contribution >= 0.6 is 31.9 Å². The molecular formula is C19H28Br2N2O4. The summed E-state index contributed by atoms with van der Waals surface area (Å²) in [5.74, 6) is -0.697. The van der Waals surface area contributed by atoms with Crippen LogP contribution in [-0.2, 0) is 25.7 Å². The van der Waals surface area contributed by atoms with Crippen molar-refractivity contribution in [3.05, 3.63) is 35.9 Å². The van der Waals surface area contributed by atoms with Gasteiger partial charge in [0.15, 0.2) is 0 Å². The molecule has 0 aliphatic rings. The van der Waals surface area contributed by atoms with Gasteiger partial charge in [-0.15, -0.1) is 0 Å². The summed E-state index contributed by atoms with van der Waals surface area (Å²) in [7, 11) is 1.28. The molecule has 0 radical (unpaired) electrons. The van der Waals surface area contributed by atoms with Gasteiger partial charge in [-0.2, -0.15) is 0 Å². The van der Waals surface area contributed by atoms with Gasteiger partial charge in [-0.3, -0.25) is 9.59 Å². The van der Waals surface area contributed by atoms with E-state index in [1.54, 1.807) is 20.8 Å². The van der Waals surface area contributed by atoms with E-state index in [1.807, 2.05) is 44.2 Å². The van der Waals surface area contributed by atoms with E-state index in [-0.39, 0.29) is 11.8 Å². The van der Waals surface area contributed by atoms with Crippen molar-refractivity contribution in [2.45, 2.75) is 55.9 Å². The smallest absolute Gasteiger partial charge is 0.328 e. The first-order chi connectivity index (χ1) is 12.3. The molecule has 2 amide bonds. The highest BCUT2D eigenvalue weighted by Gasteiger charge is 2.27. The van der Waals surface area contributed by atoms with Crippen molar-refractivity contribution in [2.24, 2.45) is 0 Å². The zero-order valence-electron chi connectivity index (χ0n) is 16.6. The molecule has 0 saturated carbocycles. The number of carbonyl (C=O) groups is 3. The molecule has 0 aromatic heterocycles. The highest BCUT2D eigenvalue weighted by Crippen LogP contribution is 2.16. The zero-order chi connectivity index (χ0) is 21.3. The van der Waals surface area contributed by atoms with Crippen molar-refractivity contribution in [3.63, 3.8) is 0 Å². The number of nitrogens with one attached hydrogen (secondary N) is 2. The molecule has 1 rings (SSSR count). The van der Waals surface area contributed by atoms with Crippen LogP contribution in [0, 0.1) is 0 Å². The second-order valence-corrected chi connectivity index (χ2v) is 10.8. The van der Waals surface area contributed by atoms with Gasteiger partial charge in [0, 0.05) is 6.54 Å². The third-order valence-electron chi connectivity index (χ3n) is 3.28. The summed E-state index contributed by atoms with van der Waals surface area (Å²) in [6.45, 7) is 9.20. The third-order valence-corrected chi connectivity index (χ3v) is 4.00. The van der Waals surface area contributed by atoms with Crippen LogP contribution in [0.5, 0.6) is 0 Å².